The summed E-state index contributed by atoms with van der Waals surface area (Å²) in [5.41, 5.74) is 3.48. The quantitative estimate of drug-likeness (QED) is 0.800. The van der Waals surface area contributed by atoms with Crippen molar-refractivity contribution in [2.45, 2.75) is 13.5 Å². The smallest absolute Gasteiger partial charge is 0.254 e. The molecule has 2 aromatic heterocycles. The highest BCUT2D eigenvalue weighted by molar-refractivity contribution is 7.03. The minimum atomic E-state index is -0.0688. The van der Waals surface area contributed by atoms with Crippen LogP contribution >= 0.6 is 11.5 Å². The van der Waals surface area contributed by atoms with E-state index in [9.17, 15) is 4.79 Å². The van der Waals surface area contributed by atoms with Gasteiger partial charge in [-0.3, -0.25) is 4.79 Å². The van der Waals surface area contributed by atoms with Gasteiger partial charge >= 0.3 is 0 Å². The average Bonchev–Trinajstić information content (AvgIpc) is 3.05. The molecule has 0 aliphatic carbocycles. The first kappa shape index (κ1) is 12.8. The topological polar surface area (TPSA) is 59.8 Å². The molecule has 20 heavy (non-hydrogen) atoms. The van der Waals surface area contributed by atoms with Gasteiger partial charge in [0.25, 0.3) is 5.91 Å². The highest BCUT2D eigenvalue weighted by Crippen LogP contribution is 2.11. The Balaban J connectivity index is 1.63. The first-order valence-corrected chi connectivity index (χ1v) is 7.18. The van der Waals surface area contributed by atoms with Gasteiger partial charge < -0.3 is 9.88 Å². The van der Waals surface area contributed by atoms with E-state index in [1.54, 1.807) is 11.7 Å². The van der Waals surface area contributed by atoms with Gasteiger partial charge in [-0.25, -0.2) is 4.98 Å². The lowest BCUT2D eigenvalue weighted by atomic mass is 10.2. The summed E-state index contributed by atoms with van der Waals surface area (Å²) in [4.78, 5) is 16.3. The molecule has 5 nitrogen and oxygen atoms in total. The van der Waals surface area contributed by atoms with E-state index in [2.05, 4.69) is 14.7 Å². The first-order chi connectivity index (χ1) is 9.75. The number of aromatic nitrogens is 3. The van der Waals surface area contributed by atoms with Gasteiger partial charge in [-0.2, -0.15) is 4.37 Å². The maximum atomic E-state index is 11.9. The summed E-state index contributed by atoms with van der Waals surface area (Å²) in [5.74, 6) is -0.0688. The molecule has 0 unspecified atom stereocenters. The molecule has 0 spiro atoms. The van der Waals surface area contributed by atoms with Gasteiger partial charge in [-0.15, -0.1) is 0 Å². The Bertz CT molecular complexity index is 746. The number of amides is 1. The molecule has 0 aliphatic rings. The molecule has 0 fully saturated rings. The van der Waals surface area contributed by atoms with Crippen molar-refractivity contribution in [2.24, 2.45) is 0 Å². The van der Waals surface area contributed by atoms with Gasteiger partial charge in [0, 0.05) is 18.5 Å². The Morgan fingerprint density at radius 2 is 2.25 bits per heavy atom. The zero-order valence-corrected chi connectivity index (χ0v) is 11.9. The Morgan fingerprint density at radius 1 is 1.40 bits per heavy atom. The Labute approximate surface area is 120 Å². The van der Waals surface area contributed by atoms with E-state index in [1.165, 1.54) is 11.5 Å². The van der Waals surface area contributed by atoms with Crippen molar-refractivity contribution >= 4 is 28.5 Å². The maximum Gasteiger partial charge on any atom is 0.254 e. The zero-order valence-electron chi connectivity index (χ0n) is 11.0. The molecule has 0 radical (unpaired) electrons. The Morgan fingerprint density at radius 3 is 3.05 bits per heavy atom. The van der Waals surface area contributed by atoms with Crippen molar-refractivity contribution in [3.05, 3.63) is 47.2 Å². The number of carbonyl (C=O) groups is 1. The van der Waals surface area contributed by atoms with E-state index in [-0.39, 0.29) is 5.91 Å². The summed E-state index contributed by atoms with van der Waals surface area (Å²) in [6.07, 6.45) is 1.80. The van der Waals surface area contributed by atoms with E-state index in [0.717, 1.165) is 16.7 Å². The fourth-order valence-electron chi connectivity index (χ4n) is 2.08. The van der Waals surface area contributed by atoms with Gasteiger partial charge in [-0.05, 0) is 30.6 Å². The van der Waals surface area contributed by atoms with E-state index < -0.39 is 0 Å². The lowest BCUT2D eigenvalue weighted by Gasteiger charge is -2.06. The van der Waals surface area contributed by atoms with Crippen molar-refractivity contribution in [1.82, 2.24) is 19.2 Å². The fourth-order valence-corrected chi connectivity index (χ4v) is 2.78. The van der Waals surface area contributed by atoms with E-state index in [4.69, 9.17) is 0 Å². The highest BCUT2D eigenvalue weighted by atomic mass is 32.1. The SMILES string of the molecule is Cc1nscc1C(=O)NCCn1cnc2ccccc21. The molecular weight excluding hydrogens is 272 g/mol. The molecule has 1 N–H and O–H groups in total. The number of para-hydroxylation sites is 2. The summed E-state index contributed by atoms with van der Waals surface area (Å²) in [5, 5.41) is 4.68. The molecular formula is C14H14N4OS. The first-order valence-electron chi connectivity index (χ1n) is 6.35. The second-order valence-electron chi connectivity index (χ2n) is 4.50. The molecule has 0 bridgehead atoms. The van der Waals surface area contributed by atoms with Crippen LogP contribution in [0.5, 0.6) is 0 Å². The number of nitrogens with one attached hydrogen (secondary N) is 1. The molecule has 1 amide bonds. The Hall–Kier alpha value is -2.21. The molecule has 3 aromatic rings. The summed E-state index contributed by atoms with van der Waals surface area (Å²) in [6, 6.07) is 7.95. The number of imidazole rings is 1. The number of fused-ring (bicyclic) bond motifs is 1. The number of hydrogen-bond acceptors (Lipinski definition) is 4. The monoisotopic (exact) mass is 286 g/mol. The molecule has 0 saturated carbocycles. The third-order valence-electron chi connectivity index (χ3n) is 3.16. The third kappa shape index (κ3) is 2.42. The predicted molar refractivity (Wildman–Crippen MR) is 78.9 cm³/mol. The third-order valence-corrected chi connectivity index (χ3v) is 3.88. The number of rotatable bonds is 4. The van der Waals surface area contributed by atoms with Crippen molar-refractivity contribution in [1.29, 1.82) is 0 Å². The van der Waals surface area contributed by atoms with Crippen LogP contribution < -0.4 is 5.32 Å². The molecule has 0 saturated heterocycles. The second-order valence-corrected chi connectivity index (χ2v) is 5.13. The van der Waals surface area contributed by atoms with Gasteiger partial charge in [0.05, 0.1) is 28.6 Å². The van der Waals surface area contributed by atoms with Crippen molar-refractivity contribution < 1.29 is 4.79 Å². The number of aryl methyl sites for hydroxylation is 1. The maximum absolute atomic E-state index is 11.9. The molecule has 0 aliphatic heterocycles. The Kier molecular flexibility index (Phi) is 3.47. The van der Waals surface area contributed by atoms with Crippen LogP contribution in [0, 0.1) is 6.92 Å². The molecule has 102 valence electrons. The summed E-state index contributed by atoms with van der Waals surface area (Å²) >= 11 is 1.30. The molecule has 2 heterocycles. The van der Waals surface area contributed by atoms with Gasteiger partial charge in [0.1, 0.15) is 0 Å². The normalized spacial score (nSPS) is 10.8. The standard InChI is InChI=1S/C14H14N4OS/c1-10-11(8-20-17-10)14(19)15-6-7-18-9-16-12-4-2-3-5-13(12)18/h2-5,8-9H,6-7H2,1H3,(H,15,19). The van der Waals surface area contributed by atoms with Crippen LogP contribution in [0.3, 0.4) is 0 Å². The second kappa shape index (κ2) is 5.42. The van der Waals surface area contributed by atoms with Crippen LogP contribution in [0.1, 0.15) is 16.1 Å². The molecule has 3 rings (SSSR count). The van der Waals surface area contributed by atoms with Crippen LogP contribution in [-0.2, 0) is 6.54 Å². The van der Waals surface area contributed by atoms with E-state index in [0.29, 0.717) is 18.7 Å². The predicted octanol–water partition coefficient (Wildman–Crippen LogP) is 2.23. The zero-order chi connectivity index (χ0) is 13.9. The summed E-state index contributed by atoms with van der Waals surface area (Å²) in [6.45, 7) is 3.10. The van der Waals surface area contributed by atoms with Crippen molar-refractivity contribution in [2.75, 3.05) is 6.54 Å². The molecule has 1 aromatic carbocycles. The van der Waals surface area contributed by atoms with Crippen molar-refractivity contribution in [3.63, 3.8) is 0 Å². The largest absolute Gasteiger partial charge is 0.350 e. The lowest BCUT2D eigenvalue weighted by Crippen LogP contribution is -2.27. The van der Waals surface area contributed by atoms with E-state index in [1.807, 2.05) is 35.8 Å². The minimum Gasteiger partial charge on any atom is -0.350 e. The van der Waals surface area contributed by atoms with Gasteiger partial charge in [0.2, 0.25) is 0 Å². The van der Waals surface area contributed by atoms with Gasteiger partial charge in [-0.1, -0.05) is 12.1 Å². The summed E-state index contributed by atoms with van der Waals surface area (Å²) in [7, 11) is 0. The lowest BCUT2D eigenvalue weighted by molar-refractivity contribution is 0.0952. The average molecular weight is 286 g/mol. The number of carbonyl (C=O) groups excluding carboxylic acids is 1. The van der Waals surface area contributed by atoms with Crippen LogP contribution in [0.15, 0.2) is 36.0 Å². The van der Waals surface area contributed by atoms with Crippen LogP contribution in [0.25, 0.3) is 11.0 Å². The number of nitrogens with zero attached hydrogens (tertiary/aromatic N) is 3. The molecule has 0 atom stereocenters. The van der Waals surface area contributed by atoms with Crippen LogP contribution in [0.2, 0.25) is 0 Å². The molecule has 6 heteroatoms. The van der Waals surface area contributed by atoms with Crippen molar-refractivity contribution in [3.8, 4) is 0 Å². The van der Waals surface area contributed by atoms with E-state index >= 15 is 0 Å². The fraction of sp³-hybridized carbons (Fsp3) is 0.214. The number of benzene rings is 1. The minimum absolute atomic E-state index is 0.0688. The van der Waals surface area contributed by atoms with Crippen LogP contribution in [-0.4, -0.2) is 26.4 Å². The van der Waals surface area contributed by atoms with Crippen LogP contribution in [0.4, 0.5) is 0 Å². The number of hydrogen-bond donors (Lipinski definition) is 1. The van der Waals surface area contributed by atoms with Gasteiger partial charge in [0.15, 0.2) is 0 Å². The summed E-state index contributed by atoms with van der Waals surface area (Å²) < 4.78 is 6.14. The highest BCUT2D eigenvalue weighted by Gasteiger charge is 2.10.